The molecule has 0 aromatic carbocycles. The van der Waals surface area contributed by atoms with Gasteiger partial charge in [0.15, 0.2) is 0 Å². The molecule has 0 aliphatic heterocycles. The lowest BCUT2D eigenvalue weighted by molar-refractivity contribution is -0.153. The Kier molecular flexibility index (Phi) is 22.5. The number of phosphoric acid groups is 1. The topological polar surface area (TPSA) is 149 Å². The van der Waals surface area contributed by atoms with Gasteiger partial charge in [0.2, 0.25) is 0 Å². The molecule has 0 radical (unpaired) electrons. The van der Waals surface area contributed by atoms with Crippen LogP contribution >= 0.6 is 7.82 Å². The Hall–Kier alpha value is -1.03. The molecule has 0 fully saturated rings. The van der Waals surface area contributed by atoms with E-state index in [9.17, 15) is 24.2 Å². The number of ether oxygens (including phenoxy) is 2. The average Bonchev–Trinajstić information content (AvgIpc) is 2.86. The fourth-order valence-corrected chi connectivity index (χ4v) is 4.22. The molecule has 0 amide bonds. The first-order valence-electron chi connectivity index (χ1n) is 13.5. The molecule has 0 rings (SSSR count). The van der Waals surface area contributed by atoms with E-state index in [1.807, 2.05) is 0 Å². The molecular weight excluding hydrogens is 491 g/mol. The van der Waals surface area contributed by atoms with E-state index in [1.54, 1.807) is 6.92 Å². The quantitative estimate of drug-likeness (QED) is 0.0836. The number of hydrogen-bond acceptors (Lipinski definition) is 9. The van der Waals surface area contributed by atoms with Gasteiger partial charge in [0.1, 0.15) is 12.2 Å². The molecule has 214 valence electrons. The molecule has 0 saturated carbocycles. The van der Waals surface area contributed by atoms with Crippen LogP contribution in [0.25, 0.3) is 0 Å². The van der Waals surface area contributed by atoms with Crippen LogP contribution < -0.4 is 0 Å². The minimum atomic E-state index is -4.58. The molecule has 36 heavy (non-hydrogen) atoms. The highest BCUT2D eigenvalue weighted by Crippen LogP contribution is 2.43. The van der Waals surface area contributed by atoms with Crippen molar-refractivity contribution >= 4 is 19.8 Å². The number of aliphatic hydroxyl groups excluding tert-OH is 2. The molecule has 3 unspecified atom stereocenters. The molecule has 11 heteroatoms. The van der Waals surface area contributed by atoms with Gasteiger partial charge < -0.3 is 24.6 Å². The number of carbonyl (C=O) groups excluding carboxylic acids is 2. The second kappa shape index (κ2) is 23.1. The molecular formula is C25H49O10P. The smallest absolute Gasteiger partial charge is 0.457 e. The van der Waals surface area contributed by atoms with Gasteiger partial charge in [0, 0.05) is 12.8 Å². The highest BCUT2D eigenvalue weighted by atomic mass is 31.2. The molecule has 3 N–H and O–H groups in total. The van der Waals surface area contributed by atoms with Gasteiger partial charge in [0.05, 0.1) is 26.4 Å². The largest absolute Gasteiger partial charge is 0.472 e. The maximum absolute atomic E-state index is 12.0. The third-order valence-corrected chi connectivity index (χ3v) is 6.57. The molecule has 0 spiro atoms. The summed E-state index contributed by atoms with van der Waals surface area (Å²) in [5.41, 5.74) is 0. The monoisotopic (exact) mass is 540 g/mol. The van der Waals surface area contributed by atoms with Crippen LogP contribution in [0.15, 0.2) is 0 Å². The third-order valence-electron chi connectivity index (χ3n) is 5.62. The Morgan fingerprint density at radius 3 is 1.44 bits per heavy atom. The SMILES string of the molecule is CCCCCCCCCCCCCCCC(=O)OC(CO)COP(=O)(O)OCC(CO)OC(=O)CC. The number of esters is 2. The van der Waals surface area contributed by atoms with Gasteiger partial charge in [-0.25, -0.2) is 4.57 Å². The van der Waals surface area contributed by atoms with Crippen LogP contribution in [-0.4, -0.2) is 65.7 Å². The van der Waals surface area contributed by atoms with Crippen LogP contribution in [0.1, 0.15) is 110 Å². The van der Waals surface area contributed by atoms with Gasteiger partial charge in [-0.1, -0.05) is 90.9 Å². The van der Waals surface area contributed by atoms with Crippen LogP contribution in [0, 0.1) is 0 Å². The number of rotatable bonds is 25. The summed E-state index contributed by atoms with van der Waals surface area (Å²) in [6.45, 7) is 1.51. The zero-order chi connectivity index (χ0) is 27.1. The van der Waals surface area contributed by atoms with Crippen molar-refractivity contribution in [1.82, 2.24) is 0 Å². The highest BCUT2D eigenvalue weighted by Gasteiger charge is 2.27. The summed E-state index contributed by atoms with van der Waals surface area (Å²) < 4.78 is 31.4. The molecule has 0 aliphatic carbocycles. The van der Waals surface area contributed by atoms with Gasteiger partial charge in [-0.2, -0.15) is 0 Å². The van der Waals surface area contributed by atoms with E-state index in [1.165, 1.54) is 57.8 Å². The third kappa shape index (κ3) is 21.1. The Morgan fingerprint density at radius 1 is 0.667 bits per heavy atom. The number of aliphatic hydroxyl groups is 2. The van der Waals surface area contributed by atoms with Crippen molar-refractivity contribution in [3.63, 3.8) is 0 Å². The zero-order valence-corrected chi connectivity index (χ0v) is 23.1. The van der Waals surface area contributed by atoms with Gasteiger partial charge in [0.25, 0.3) is 0 Å². The van der Waals surface area contributed by atoms with Crippen LogP contribution in [0.2, 0.25) is 0 Å². The van der Waals surface area contributed by atoms with E-state index in [-0.39, 0.29) is 12.8 Å². The lowest BCUT2D eigenvalue weighted by Gasteiger charge is -2.20. The molecule has 0 saturated heterocycles. The molecule has 3 atom stereocenters. The standard InChI is InChI=1S/C25H49O10P/c1-3-5-6-7-8-9-10-11-12-13-14-15-16-17-25(29)35-23(19-27)21-33-36(30,31)32-20-22(18-26)34-24(28)4-2/h22-23,26-27H,3-21H2,1-2H3,(H,30,31). The maximum atomic E-state index is 12.0. The van der Waals surface area contributed by atoms with Gasteiger partial charge in [-0.05, 0) is 6.42 Å². The van der Waals surface area contributed by atoms with E-state index < -0.39 is 58.4 Å². The number of hydrogen-bond donors (Lipinski definition) is 3. The lowest BCUT2D eigenvalue weighted by Crippen LogP contribution is -2.28. The summed E-state index contributed by atoms with van der Waals surface area (Å²) in [5.74, 6) is -1.11. The molecule has 0 aliphatic rings. The van der Waals surface area contributed by atoms with Crippen molar-refractivity contribution in [3.05, 3.63) is 0 Å². The van der Waals surface area contributed by atoms with Crippen LogP contribution in [0.3, 0.4) is 0 Å². The van der Waals surface area contributed by atoms with E-state index in [4.69, 9.17) is 23.6 Å². The second-order valence-corrected chi connectivity index (χ2v) is 10.4. The lowest BCUT2D eigenvalue weighted by atomic mass is 10.0. The van der Waals surface area contributed by atoms with Crippen molar-refractivity contribution in [1.29, 1.82) is 0 Å². The van der Waals surface area contributed by atoms with Crippen LogP contribution in [0.5, 0.6) is 0 Å². The van der Waals surface area contributed by atoms with Crippen molar-refractivity contribution in [2.75, 3.05) is 26.4 Å². The van der Waals surface area contributed by atoms with E-state index in [0.29, 0.717) is 6.42 Å². The first kappa shape index (κ1) is 35.0. The second-order valence-electron chi connectivity index (χ2n) is 9.00. The molecule has 0 bridgehead atoms. The first-order valence-corrected chi connectivity index (χ1v) is 15.0. The van der Waals surface area contributed by atoms with Crippen molar-refractivity contribution in [2.24, 2.45) is 0 Å². The highest BCUT2D eigenvalue weighted by molar-refractivity contribution is 7.47. The van der Waals surface area contributed by atoms with Gasteiger partial charge in [-0.15, -0.1) is 0 Å². The van der Waals surface area contributed by atoms with Gasteiger partial charge in [-0.3, -0.25) is 18.6 Å². The summed E-state index contributed by atoms with van der Waals surface area (Å²) in [6, 6.07) is 0. The summed E-state index contributed by atoms with van der Waals surface area (Å²) >= 11 is 0. The molecule has 0 heterocycles. The van der Waals surface area contributed by atoms with E-state index >= 15 is 0 Å². The molecule has 0 aromatic rings. The van der Waals surface area contributed by atoms with Crippen molar-refractivity contribution < 1.29 is 47.8 Å². The Morgan fingerprint density at radius 2 is 1.06 bits per heavy atom. The Labute approximate surface area is 216 Å². The predicted octanol–water partition coefficient (Wildman–Crippen LogP) is 4.82. The average molecular weight is 541 g/mol. The van der Waals surface area contributed by atoms with Gasteiger partial charge >= 0.3 is 19.8 Å². The van der Waals surface area contributed by atoms with E-state index in [2.05, 4.69) is 6.92 Å². The summed E-state index contributed by atoms with van der Waals surface area (Å²) in [5, 5.41) is 18.5. The Bertz CT molecular complexity index is 601. The van der Waals surface area contributed by atoms with Crippen molar-refractivity contribution in [3.8, 4) is 0 Å². The molecule has 0 aromatic heterocycles. The number of carbonyl (C=O) groups is 2. The fraction of sp³-hybridized carbons (Fsp3) is 0.920. The zero-order valence-electron chi connectivity index (χ0n) is 22.2. The maximum Gasteiger partial charge on any atom is 0.472 e. The van der Waals surface area contributed by atoms with Crippen molar-refractivity contribution in [2.45, 2.75) is 122 Å². The summed E-state index contributed by atoms with van der Waals surface area (Å²) in [4.78, 5) is 33.0. The first-order chi connectivity index (χ1) is 17.3. The minimum absolute atomic E-state index is 0.0760. The number of phosphoric ester groups is 1. The summed E-state index contributed by atoms with van der Waals surface area (Å²) in [6.07, 6.45) is 13.6. The van der Waals surface area contributed by atoms with Crippen LogP contribution in [-0.2, 0) is 32.7 Å². The Balaban J connectivity index is 3.91. The van der Waals surface area contributed by atoms with E-state index in [0.717, 1.165) is 19.3 Å². The predicted molar refractivity (Wildman–Crippen MR) is 136 cm³/mol. The van der Waals surface area contributed by atoms with Crippen LogP contribution in [0.4, 0.5) is 0 Å². The fourth-order valence-electron chi connectivity index (χ4n) is 3.44. The minimum Gasteiger partial charge on any atom is -0.457 e. The molecule has 10 nitrogen and oxygen atoms in total. The summed E-state index contributed by atoms with van der Waals surface area (Å²) in [7, 11) is -4.58. The number of unbranched alkanes of at least 4 members (excludes halogenated alkanes) is 12. The normalized spacial score (nSPS) is 14.7.